The number of nitrogens with one attached hydrogen (secondary N) is 2. The largest absolute Gasteiger partial charge is 0.352 e. The van der Waals surface area contributed by atoms with Crippen LogP contribution in [0.3, 0.4) is 0 Å². The van der Waals surface area contributed by atoms with Gasteiger partial charge in [0.25, 0.3) is 0 Å². The fourth-order valence-corrected chi connectivity index (χ4v) is 1.30. The molecule has 0 aliphatic heterocycles. The molecule has 0 bridgehead atoms. The second-order valence-corrected chi connectivity index (χ2v) is 5.01. The molecule has 0 saturated heterocycles. The van der Waals surface area contributed by atoms with E-state index in [0.29, 0.717) is 24.7 Å². The fourth-order valence-electron chi connectivity index (χ4n) is 1.30. The first-order valence-corrected chi connectivity index (χ1v) is 5.88. The summed E-state index contributed by atoms with van der Waals surface area (Å²) in [6, 6.07) is -0.297. The van der Waals surface area contributed by atoms with Crippen LogP contribution in [0.15, 0.2) is 0 Å². The average molecular weight is 228 g/mol. The van der Waals surface area contributed by atoms with Crippen LogP contribution in [-0.2, 0) is 9.59 Å². The molecule has 2 amide bonds. The van der Waals surface area contributed by atoms with E-state index in [9.17, 15) is 9.59 Å². The summed E-state index contributed by atoms with van der Waals surface area (Å²) in [5, 5.41) is 5.47. The molecule has 2 N–H and O–H groups in total. The number of carbonyl (C=O) groups is 2. The van der Waals surface area contributed by atoms with Gasteiger partial charge in [0.15, 0.2) is 0 Å². The molecule has 0 spiro atoms. The topological polar surface area (TPSA) is 58.2 Å². The maximum Gasteiger partial charge on any atom is 0.242 e. The van der Waals surface area contributed by atoms with Crippen LogP contribution in [0.25, 0.3) is 0 Å². The summed E-state index contributed by atoms with van der Waals surface area (Å²) >= 11 is 0. The molecule has 0 fully saturated rings. The molecule has 0 unspecified atom stereocenters. The van der Waals surface area contributed by atoms with Crippen molar-refractivity contribution in [3.05, 3.63) is 0 Å². The maximum absolute atomic E-state index is 11.9. The Morgan fingerprint density at radius 3 is 2.12 bits per heavy atom. The lowest BCUT2D eigenvalue weighted by atomic mass is 10.0. The molecular formula is C12H24N2O2. The summed E-state index contributed by atoms with van der Waals surface area (Å²) in [7, 11) is 0. The summed E-state index contributed by atoms with van der Waals surface area (Å²) in [5.74, 6) is 0.666. The Kier molecular flexibility index (Phi) is 6.77. The van der Waals surface area contributed by atoms with Gasteiger partial charge in [-0.25, -0.2) is 0 Å². The summed E-state index contributed by atoms with van der Waals surface area (Å²) in [4.78, 5) is 22.3. The van der Waals surface area contributed by atoms with Crippen molar-refractivity contribution < 1.29 is 9.59 Å². The molecule has 4 nitrogen and oxygen atoms in total. The highest BCUT2D eigenvalue weighted by atomic mass is 16.2. The Balaban J connectivity index is 4.31. The van der Waals surface area contributed by atoms with Gasteiger partial charge >= 0.3 is 0 Å². The van der Waals surface area contributed by atoms with Crippen LogP contribution in [0, 0.1) is 11.8 Å². The van der Waals surface area contributed by atoms with Gasteiger partial charge in [0.1, 0.15) is 6.04 Å². The third-order valence-corrected chi connectivity index (χ3v) is 2.66. The van der Waals surface area contributed by atoms with Gasteiger partial charge < -0.3 is 10.6 Å². The molecule has 16 heavy (non-hydrogen) atoms. The van der Waals surface area contributed by atoms with E-state index >= 15 is 0 Å². The second-order valence-electron chi connectivity index (χ2n) is 5.01. The van der Waals surface area contributed by atoms with Crippen molar-refractivity contribution in [2.24, 2.45) is 11.8 Å². The molecule has 0 rings (SSSR count). The molecule has 0 radical (unpaired) electrons. The Labute approximate surface area is 98.2 Å². The summed E-state index contributed by atoms with van der Waals surface area (Å²) in [5.41, 5.74) is 0. The van der Waals surface area contributed by atoms with E-state index in [0.717, 1.165) is 0 Å². The van der Waals surface area contributed by atoms with Gasteiger partial charge in [0, 0.05) is 6.04 Å². The molecule has 0 heterocycles. The lowest BCUT2D eigenvalue weighted by molar-refractivity contribution is -0.126. The minimum absolute atomic E-state index is 0.0954. The minimum atomic E-state index is -0.418. The van der Waals surface area contributed by atoms with Gasteiger partial charge in [-0.1, -0.05) is 27.7 Å². The Morgan fingerprint density at radius 2 is 1.75 bits per heavy atom. The molecule has 0 aromatic rings. The van der Waals surface area contributed by atoms with Gasteiger partial charge in [-0.15, -0.1) is 0 Å². The monoisotopic (exact) mass is 228 g/mol. The van der Waals surface area contributed by atoms with E-state index in [2.05, 4.69) is 24.5 Å². The van der Waals surface area contributed by atoms with E-state index in [1.807, 2.05) is 20.8 Å². The van der Waals surface area contributed by atoms with Crippen molar-refractivity contribution in [2.45, 2.75) is 53.1 Å². The first-order chi connectivity index (χ1) is 7.38. The number of rotatable bonds is 7. The lowest BCUT2D eigenvalue weighted by Crippen LogP contribution is -2.48. The Morgan fingerprint density at radius 1 is 1.19 bits per heavy atom. The fraction of sp³-hybridized carbons (Fsp3) is 0.833. The Hall–Kier alpha value is -1.06. The van der Waals surface area contributed by atoms with Crippen LogP contribution in [0.2, 0.25) is 0 Å². The zero-order valence-corrected chi connectivity index (χ0v) is 10.9. The molecule has 94 valence electrons. The van der Waals surface area contributed by atoms with Gasteiger partial charge in [-0.2, -0.15) is 0 Å². The number of amides is 2. The average Bonchev–Trinajstić information content (AvgIpc) is 2.16. The normalized spacial score (nSPS) is 14.7. The van der Waals surface area contributed by atoms with Crippen LogP contribution in [0.1, 0.15) is 41.0 Å². The number of hydrogen-bond donors (Lipinski definition) is 2. The van der Waals surface area contributed by atoms with Crippen molar-refractivity contribution >= 4 is 12.3 Å². The first-order valence-electron chi connectivity index (χ1n) is 5.88. The van der Waals surface area contributed by atoms with E-state index in [4.69, 9.17) is 0 Å². The predicted molar refractivity (Wildman–Crippen MR) is 64.9 cm³/mol. The molecule has 4 heteroatoms. The molecule has 0 aromatic carbocycles. The number of hydrogen-bond acceptors (Lipinski definition) is 2. The zero-order valence-electron chi connectivity index (χ0n) is 10.9. The zero-order chi connectivity index (χ0) is 12.7. The van der Waals surface area contributed by atoms with Crippen molar-refractivity contribution in [3.63, 3.8) is 0 Å². The van der Waals surface area contributed by atoms with Crippen molar-refractivity contribution in [1.82, 2.24) is 10.6 Å². The van der Waals surface area contributed by atoms with E-state index < -0.39 is 6.04 Å². The molecular weight excluding hydrogens is 204 g/mol. The highest BCUT2D eigenvalue weighted by molar-refractivity contribution is 5.83. The summed E-state index contributed by atoms with van der Waals surface area (Å²) in [6.07, 6.45) is 1.25. The number of carbonyl (C=O) groups excluding carboxylic acids is 2. The van der Waals surface area contributed by atoms with Gasteiger partial charge in [0.05, 0.1) is 0 Å². The van der Waals surface area contributed by atoms with E-state index in [1.54, 1.807) is 0 Å². The quantitative estimate of drug-likeness (QED) is 0.645. The summed E-state index contributed by atoms with van der Waals surface area (Å²) < 4.78 is 0. The molecule has 0 aliphatic rings. The first kappa shape index (κ1) is 14.9. The maximum atomic E-state index is 11.9. The Bertz CT molecular complexity index is 227. The van der Waals surface area contributed by atoms with Crippen LogP contribution in [0.5, 0.6) is 0 Å². The lowest BCUT2D eigenvalue weighted by Gasteiger charge is -2.23. The SMILES string of the molecule is CC(C)C[C@H](NC=O)C(=O)N[C@H](C)C(C)C. The third kappa shape index (κ3) is 5.73. The van der Waals surface area contributed by atoms with Crippen molar-refractivity contribution in [1.29, 1.82) is 0 Å². The highest BCUT2D eigenvalue weighted by Crippen LogP contribution is 2.06. The standard InChI is InChI=1S/C12H24N2O2/c1-8(2)6-11(13-7-15)12(16)14-10(5)9(3)4/h7-11H,6H2,1-5H3,(H,13,15)(H,14,16)/t10-,11+/m1/s1. The van der Waals surface area contributed by atoms with Crippen LogP contribution >= 0.6 is 0 Å². The van der Waals surface area contributed by atoms with Crippen LogP contribution in [0.4, 0.5) is 0 Å². The predicted octanol–water partition coefficient (Wildman–Crippen LogP) is 1.31. The van der Waals surface area contributed by atoms with Gasteiger partial charge in [-0.3, -0.25) is 9.59 Å². The van der Waals surface area contributed by atoms with Gasteiger partial charge in [-0.05, 0) is 25.2 Å². The smallest absolute Gasteiger partial charge is 0.242 e. The van der Waals surface area contributed by atoms with Crippen molar-refractivity contribution in [2.75, 3.05) is 0 Å². The third-order valence-electron chi connectivity index (χ3n) is 2.66. The minimum Gasteiger partial charge on any atom is -0.352 e. The molecule has 2 atom stereocenters. The van der Waals surface area contributed by atoms with Gasteiger partial charge in [0.2, 0.25) is 12.3 Å². The van der Waals surface area contributed by atoms with Crippen LogP contribution < -0.4 is 10.6 Å². The molecule has 0 saturated carbocycles. The molecule has 0 aromatic heterocycles. The van der Waals surface area contributed by atoms with E-state index in [-0.39, 0.29) is 11.9 Å². The van der Waals surface area contributed by atoms with Crippen molar-refractivity contribution in [3.8, 4) is 0 Å². The highest BCUT2D eigenvalue weighted by Gasteiger charge is 2.21. The second kappa shape index (κ2) is 7.25. The summed E-state index contributed by atoms with van der Waals surface area (Å²) in [6.45, 7) is 10.1. The van der Waals surface area contributed by atoms with Crippen LogP contribution in [-0.4, -0.2) is 24.4 Å². The van der Waals surface area contributed by atoms with E-state index in [1.165, 1.54) is 0 Å². The molecule has 0 aliphatic carbocycles.